The molecule has 8 nitrogen and oxygen atoms in total. The number of amides is 2. The van der Waals surface area contributed by atoms with Crippen LogP contribution in [0, 0.1) is 5.82 Å². The fraction of sp³-hybridized carbons (Fsp3) is 0.179. The number of nitrogens with one attached hydrogen (secondary N) is 3. The van der Waals surface area contributed by atoms with Gasteiger partial charge in [0.15, 0.2) is 0 Å². The number of halogens is 6. The van der Waals surface area contributed by atoms with Crippen LogP contribution in [0.25, 0.3) is 11.0 Å². The predicted octanol–water partition coefficient (Wildman–Crippen LogP) is 7.50. The zero-order valence-corrected chi connectivity index (χ0v) is 24.4. The van der Waals surface area contributed by atoms with Gasteiger partial charge < -0.3 is 25.3 Å². The van der Waals surface area contributed by atoms with Crippen LogP contribution in [0.5, 0.6) is 5.75 Å². The lowest BCUT2D eigenvalue weighted by atomic mass is 10.1. The summed E-state index contributed by atoms with van der Waals surface area (Å²) in [5.74, 6) is -1.74. The summed E-state index contributed by atoms with van der Waals surface area (Å²) < 4.78 is 46.8. The van der Waals surface area contributed by atoms with Crippen LogP contribution < -0.4 is 20.7 Å². The van der Waals surface area contributed by atoms with Crippen molar-refractivity contribution >= 4 is 75.0 Å². The third kappa shape index (κ3) is 6.92. The van der Waals surface area contributed by atoms with Crippen LogP contribution in [0.3, 0.4) is 0 Å². The molecule has 0 aliphatic rings. The Bertz CT molecular complexity index is 1710. The smallest absolute Gasteiger partial charge is 0.272 e. The summed E-state index contributed by atoms with van der Waals surface area (Å²) in [4.78, 5) is 29.6. The van der Waals surface area contributed by atoms with Crippen LogP contribution in [0.2, 0.25) is 15.1 Å². The number of carbonyl (C=O) groups is 2. The van der Waals surface area contributed by atoms with Crippen LogP contribution in [0.1, 0.15) is 22.8 Å². The van der Waals surface area contributed by atoms with Gasteiger partial charge in [-0.05, 0) is 42.8 Å². The van der Waals surface area contributed by atoms with Crippen LogP contribution in [0.4, 0.5) is 30.5 Å². The number of nitrogens with zero attached hydrogens (tertiary/aromatic N) is 2. The number of aromatic nitrogens is 2. The number of hydrogen-bond acceptors (Lipinski definition) is 5. The minimum atomic E-state index is -2.80. The first-order valence-electron chi connectivity index (χ1n) is 12.2. The van der Waals surface area contributed by atoms with Crippen molar-refractivity contribution in [1.82, 2.24) is 14.9 Å². The zero-order chi connectivity index (χ0) is 30.7. The van der Waals surface area contributed by atoms with Crippen LogP contribution >= 0.6 is 34.8 Å². The van der Waals surface area contributed by atoms with E-state index in [1.54, 1.807) is 30.7 Å². The van der Waals surface area contributed by atoms with Gasteiger partial charge in [-0.2, -0.15) is 0 Å². The van der Waals surface area contributed by atoms with Gasteiger partial charge in [0.05, 0.1) is 37.4 Å². The number of carbonyl (C=O) groups excluding carboxylic acids is 2. The SMILES string of the molecule is C=C(C)C(=O)NCc1ccc(Cl)c(Nc2nc3cc(C(=O)Nc4ccc(Cl)c(F)c4)c(OCC(F)F)cc3n2C)c1Cl. The number of imidazole rings is 1. The van der Waals surface area contributed by atoms with E-state index in [1.807, 2.05) is 0 Å². The maximum atomic E-state index is 13.9. The molecule has 0 aliphatic carbocycles. The molecule has 1 aromatic heterocycles. The molecule has 0 atom stereocenters. The number of aryl methyl sites for hydroxylation is 1. The molecule has 42 heavy (non-hydrogen) atoms. The van der Waals surface area contributed by atoms with Crippen LogP contribution in [0.15, 0.2) is 54.6 Å². The molecule has 0 spiro atoms. The summed E-state index contributed by atoms with van der Waals surface area (Å²) in [5.41, 5.74) is 1.90. The van der Waals surface area contributed by atoms with E-state index < -0.39 is 24.8 Å². The highest BCUT2D eigenvalue weighted by Crippen LogP contribution is 2.37. The molecule has 1 heterocycles. The van der Waals surface area contributed by atoms with Crippen molar-refractivity contribution in [3.8, 4) is 5.75 Å². The summed E-state index contributed by atoms with van der Waals surface area (Å²) in [6, 6.07) is 9.67. The first-order chi connectivity index (χ1) is 19.8. The lowest BCUT2D eigenvalue weighted by Gasteiger charge is -2.14. The fourth-order valence-electron chi connectivity index (χ4n) is 3.84. The Morgan fingerprint density at radius 1 is 1.10 bits per heavy atom. The number of fused-ring (bicyclic) bond motifs is 1. The van der Waals surface area contributed by atoms with Gasteiger partial charge in [0.2, 0.25) is 11.9 Å². The Balaban J connectivity index is 1.70. The van der Waals surface area contributed by atoms with Crippen molar-refractivity contribution in [3.05, 3.63) is 86.6 Å². The largest absolute Gasteiger partial charge is 0.487 e. The Hall–Kier alpha value is -3.93. The molecule has 4 rings (SSSR count). The van der Waals surface area contributed by atoms with Gasteiger partial charge in [-0.15, -0.1) is 0 Å². The van der Waals surface area contributed by atoms with Crippen molar-refractivity contribution in [2.24, 2.45) is 7.05 Å². The molecular weight excluding hydrogens is 618 g/mol. The summed E-state index contributed by atoms with van der Waals surface area (Å²) in [6.07, 6.45) is -2.80. The molecule has 4 aromatic rings. The minimum Gasteiger partial charge on any atom is -0.487 e. The second-order valence-electron chi connectivity index (χ2n) is 9.10. The lowest BCUT2D eigenvalue weighted by molar-refractivity contribution is -0.117. The van der Waals surface area contributed by atoms with Crippen molar-refractivity contribution in [3.63, 3.8) is 0 Å². The molecule has 0 radical (unpaired) electrons. The highest BCUT2D eigenvalue weighted by molar-refractivity contribution is 6.39. The Morgan fingerprint density at radius 2 is 1.81 bits per heavy atom. The molecule has 3 N–H and O–H groups in total. The summed E-state index contributed by atoms with van der Waals surface area (Å²) in [5, 5.41) is 8.62. The monoisotopic (exact) mass is 639 g/mol. The highest BCUT2D eigenvalue weighted by Gasteiger charge is 2.21. The highest BCUT2D eigenvalue weighted by atomic mass is 35.5. The molecular formula is C28H23Cl3F3N5O3. The summed E-state index contributed by atoms with van der Waals surface area (Å²) in [6.45, 7) is 4.32. The Morgan fingerprint density at radius 3 is 2.48 bits per heavy atom. The lowest BCUT2D eigenvalue weighted by Crippen LogP contribution is -2.23. The average molecular weight is 641 g/mol. The minimum absolute atomic E-state index is 0.0915. The molecule has 0 saturated heterocycles. The van der Waals surface area contributed by atoms with E-state index in [0.717, 1.165) is 6.07 Å². The first kappa shape index (κ1) is 31.0. The van der Waals surface area contributed by atoms with Crippen molar-refractivity contribution in [1.29, 1.82) is 0 Å². The van der Waals surface area contributed by atoms with Gasteiger partial charge in [0.1, 0.15) is 18.2 Å². The molecule has 220 valence electrons. The number of rotatable bonds is 10. The fourth-order valence-corrected chi connectivity index (χ4v) is 4.49. The van der Waals surface area contributed by atoms with Gasteiger partial charge in [-0.1, -0.05) is 47.4 Å². The van der Waals surface area contributed by atoms with Gasteiger partial charge in [-0.3, -0.25) is 9.59 Å². The standard InChI is InChI=1S/C28H23Cl3F3N5O3/c1-13(2)26(40)35-11-14-4-6-18(30)25(24(14)31)38-28-37-20-9-16(22(42-12-23(33)34)10-21(20)39(28)3)27(41)36-15-5-7-17(29)19(32)8-15/h4-10,23H,1,11-12H2,2-3H3,(H,35,40)(H,36,41)(H,37,38). The van der Waals surface area contributed by atoms with Crippen molar-refractivity contribution in [2.45, 2.75) is 19.9 Å². The Labute approximate surface area is 253 Å². The normalized spacial score (nSPS) is 11.1. The van der Waals surface area contributed by atoms with Crippen molar-refractivity contribution in [2.75, 3.05) is 17.2 Å². The molecule has 0 unspecified atom stereocenters. The second-order valence-corrected chi connectivity index (χ2v) is 10.3. The van der Waals surface area contributed by atoms with Gasteiger partial charge in [-0.25, -0.2) is 18.2 Å². The summed E-state index contributed by atoms with van der Waals surface area (Å²) >= 11 is 18.7. The van der Waals surface area contributed by atoms with E-state index in [-0.39, 0.29) is 50.5 Å². The number of anilines is 3. The molecule has 3 aromatic carbocycles. The molecule has 2 amide bonds. The van der Waals surface area contributed by atoms with Crippen LogP contribution in [-0.2, 0) is 18.4 Å². The second kappa shape index (κ2) is 12.9. The van der Waals surface area contributed by atoms with Crippen LogP contribution in [-0.4, -0.2) is 34.4 Å². The number of ether oxygens (including phenoxy) is 1. The molecule has 0 saturated carbocycles. The Kier molecular flexibility index (Phi) is 9.55. The van der Waals surface area contributed by atoms with E-state index in [2.05, 4.69) is 27.5 Å². The topological polar surface area (TPSA) is 97.3 Å². The van der Waals surface area contributed by atoms with Gasteiger partial charge in [0.25, 0.3) is 12.3 Å². The van der Waals surface area contributed by atoms with Crippen molar-refractivity contribution < 1.29 is 27.5 Å². The number of benzene rings is 3. The van der Waals surface area contributed by atoms with E-state index in [1.165, 1.54) is 24.3 Å². The maximum absolute atomic E-state index is 13.9. The number of alkyl halides is 2. The van der Waals surface area contributed by atoms with E-state index >= 15 is 0 Å². The predicted molar refractivity (Wildman–Crippen MR) is 158 cm³/mol. The van der Waals surface area contributed by atoms with E-state index in [4.69, 9.17) is 39.5 Å². The molecule has 0 aliphatic heterocycles. The molecule has 0 fully saturated rings. The third-order valence-electron chi connectivity index (χ3n) is 6.00. The van der Waals surface area contributed by atoms with E-state index in [9.17, 15) is 22.8 Å². The maximum Gasteiger partial charge on any atom is 0.272 e. The summed E-state index contributed by atoms with van der Waals surface area (Å²) in [7, 11) is 1.64. The van der Waals surface area contributed by atoms with Gasteiger partial charge >= 0.3 is 0 Å². The first-order valence-corrected chi connectivity index (χ1v) is 13.3. The van der Waals surface area contributed by atoms with Gasteiger partial charge in [0, 0.05) is 30.9 Å². The third-order valence-corrected chi connectivity index (χ3v) is 7.06. The average Bonchev–Trinajstić information content (AvgIpc) is 3.24. The molecule has 14 heteroatoms. The quantitative estimate of drug-likeness (QED) is 0.156. The number of hydrogen-bond donors (Lipinski definition) is 3. The van der Waals surface area contributed by atoms with E-state index in [0.29, 0.717) is 27.9 Å². The zero-order valence-electron chi connectivity index (χ0n) is 22.1. The molecule has 0 bridgehead atoms.